The van der Waals surface area contributed by atoms with E-state index in [1.807, 2.05) is 0 Å². The van der Waals surface area contributed by atoms with Crippen LogP contribution in [0.3, 0.4) is 0 Å². The summed E-state index contributed by atoms with van der Waals surface area (Å²) in [6.45, 7) is 7.74. The zero-order valence-corrected chi connectivity index (χ0v) is 12.0. The Labute approximate surface area is 111 Å². The van der Waals surface area contributed by atoms with E-state index in [-0.39, 0.29) is 0 Å². The Kier molecular flexibility index (Phi) is 4.28. The van der Waals surface area contributed by atoms with Gasteiger partial charge in [-0.2, -0.15) is 0 Å². The van der Waals surface area contributed by atoms with Crippen molar-refractivity contribution in [2.75, 3.05) is 13.6 Å². The number of benzene rings is 1. The summed E-state index contributed by atoms with van der Waals surface area (Å²) in [5.74, 6) is 1.76. The van der Waals surface area contributed by atoms with Crippen molar-refractivity contribution >= 4 is 0 Å². The molecule has 1 aliphatic heterocycles. The average molecular weight is 247 g/mol. The van der Waals surface area contributed by atoms with E-state index in [1.165, 1.54) is 12.0 Å². The van der Waals surface area contributed by atoms with Crippen LogP contribution in [0.1, 0.15) is 32.3 Å². The molecule has 100 valence electrons. The van der Waals surface area contributed by atoms with Gasteiger partial charge in [-0.15, -0.1) is 0 Å². The molecular formula is C16H25NO. The molecule has 1 aliphatic rings. The first-order valence-corrected chi connectivity index (χ1v) is 6.98. The Morgan fingerprint density at radius 1 is 1.28 bits per heavy atom. The summed E-state index contributed by atoms with van der Waals surface area (Å²) in [4.78, 5) is 2.44. The highest BCUT2D eigenvalue weighted by molar-refractivity contribution is 5.26. The number of rotatable bonds is 4. The van der Waals surface area contributed by atoms with E-state index >= 15 is 0 Å². The van der Waals surface area contributed by atoms with E-state index in [2.05, 4.69) is 57.0 Å². The summed E-state index contributed by atoms with van der Waals surface area (Å²) >= 11 is 0. The summed E-state index contributed by atoms with van der Waals surface area (Å²) in [5, 5.41) is 0. The zero-order valence-electron chi connectivity index (χ0n) is 12.0. The summed E-state index contributed by atoms with van der Waals surface area (Å²) in [6.07, 6.45) is 2.77. The summed E-state index contributed by atoms with van der Waals surface area (Å²) in [5.41, 5.74) is 1.28. The molecule has 0 radical (unpaired) electrons. The third-order valence-corrected chi connectivity index (χ3v) is 3.72. The smallest absolute Gasteiger partial charge is 0.119 e. The van der Waals surface area contributed by atoms with Gasteiger partial charge in [-0.05, 0) is 38.4 Å². The van der Waals surface area contributed by atoms with E-state index in [4.69, 9.17) is 4.74 Å². The summed E-state index contributed by atoms with van der Waals surface area (Å²) in [6, 6.07) is 9.05. The predicted molar refractivity (Wildman–Crippen MR) is 76.1 cm³/mol. The van der Waals surface area contributed by atoms with Crippen LogP contribution in [0, 0.1) is 12.8 Å². The Morgan fingerprint density at radius 3 is 2.56 bits per heavy atom. The van der Waals surface area contributed by atoms with Gasteiger partial charge in [0.25, 0.3) is 0 Å². The molecule has 0 aromatic heterocycles. The third kappa shape index (κ3) is 3.49. The molecule has 0 bridgehead atoms. The fourth-order valence-electron chi connectivity index (χ4n) is 2.74. The number of hydrogen-bond donors (Lipinski definition) is 0. The van der Waals surface area contributed by atoms with Crippen LogP contribution in [0.2, 0.25) is 0 Å². The van der Waals surface area contributed by atoms with Crippen LogP contribution in [0.4, 0.5) is 0 Å². The van der Waals surface area contributed by atoms with E-state index in [9.17, 15) is 0 Å². The lowest BCUT2D eigenvalue weighted by Gasteiger charge is -2.20. The molecule has 0 N–H and O–H groups in total. The molecule has 1 saturated heterocycles. The first-order chi connectivity index (χ1) is 8.54. The van der Waals surface area contributed by atoms with Gasteiger partial charge < -0.3 is 4.74 Å². The maximum absolute atomic E-state index is 6.07. The lowest BCUT2D eigenvalue weighted by atomic mass is 10.0. The van der Waals surface area contributed by atoms with Crippen molar-refractivity contribution < 1.29 is 4.74 Å². The highest BCUT2D eigenvalue weighted by Gasteiger charge is 2.30. The maximum Gasteiger partial charge on any atom is 0.119 e. The lowest BCUT2D eigenvalue weighted by molar-refractivity contribution is 0.207. The van der Waals surface area contributed by atoms with Gasteiger partial charge in [0.15, 0.2) is 0 Å². The Bertz CT molecular complexity index is 371. The molecule has 2 heteroatoms. The molecule has 2 nitrogen and oxygen atoms in total. The molecule has 0 spiro atoms. The number of likely N-dealkylation sites (tertiary alicyclic amines) is 1. The molecule has 2 atom stereocenters. The number of likely N-dealkylation sites (N-methyl/N-ethyl adjacent to an activating group) is 1. The average Bonchev–Trinajstić information content (AvgIpc) is 2.62. The van der Waals surface area contributed by atoms with E-state index < -0.39 is 0 Å². The lowest BCUT2D eigenvalue weighted by Crippen LogP contribution is -2.26. The molecule has 0 amide bonds. The van der Waals surface area contributed by atoms with Gasteiger partial charge in [-0.1, -0.05) is 31.5 Å². The molecule has 1 aromatic carbocycles. The Morgan fingerprint density at radius 2 is 1.94 bits per heavy atom. The number of nitrogens with zero attached hydrogens (tertiary/aromatic N) is 1. The molecular weight excluding hydrogens is 222 g/mol. The van der Waals surface area contributed by atoms with Crippen LogP contribution in [-0.4, -0.2) is 30.6 Å². The molecule has 0 aliphatic carbocycles. The van der Waals surface area contributed by atoms with Gasteiger partial charge in [0.05, 0.1) is 0 Å². The van der Waals surface area contributed by atoms with Crippen molar-refractivity contribution in [3.63, 3.8) is 0 Å². The standard InChI is InChI=1S/C16H25NO/c1-12(2)9-14-10-16(11-17(14)4)18-15-7-5-13(3)6-8-15/h5-8,12,14,16H,9-11H2,1-4H3. The van der Waals surface area contributed by atoms with Crippen LogP contribution < -0.4 is 4.74 Å². The van der Waals surface area contributed by atoms with Crippen molar-refractivity contribution in [3.8, 4) is 5.75 Å². The Balaban J connectivity index is 1.90. The summed E-state index contributed by atoms with van der Waals surface area (Å²) < 4.78 is 6.07. The fraction of sp³-hybridized carbons (Fsp3) is 0.625. The fourth-order valence-corrected chi connectivity index (χ4v) is 2.74. The van der Waals surface area contributed by atoms with Gasteiger partial charge in [-0.3, -0.25) is 4.90 Å². The number of hydrogen-bond acceptors (Lipinski definition) is 2. The van der Waals surface area contributed by atoms with Gasteiger partial charge in [-0.25, -0.2) is 0 Å². The van der Waals surface area contributed by atoms with Gasteiger partial charge in [0.1, 0.15) is 11.9 Å². The van der Waals surface area contributed by atoms with Crippen molar-refractivity contribution in [1.82, 2.24) is 4.90 Å². The molecule has 18 heavy (non-hydrogen) atoms. The first kappa shape index (κ1) is 13.4. The van der Waals surface area contributed by atoms with E-state index in [0.717, 1.165) is 24.6 Å². The minimum Gasteiger partial charge on any atom is -0.489 e. The highest BCUT2D eigenvalue weighted by atomic mass is 16.5. The van der Waals surface area contributed by atoms with Gasteiger partial charge in [0.2, 0.25) is 0 Å². The molecule has 0 saturated carbocycles. The second kappa shape index (κ2) is 5.75. The maximum atomic E-state index is 6.07. The largest absolute Gasteiger partial charge is 0.489 e. The first-order valence-electron chi connectivity index (χ1n) is 6.98. The van der Waals surface area contributed by atoms with Gasteiger partial charge in [0, 0.05) is 19.0 Å². The summed E-state index contributed by atoms with van der Waals surface area (Å²) in [7, 11) is 2.21. The van der Waals surface area contributed by atoms with Crippen LogP contribution in [-0.2, 0) is 0 Å². The van der Waals surface area contributed by atoms with Crippen molar-refractivity contribution in [2.24, 2.45) is 5.92 Å². The molecule has 1 aromatic rings. The molecule has 1 fully saturated rings. The minimum atomic E-state index is 0.349. The van der Waals surface area contributed by atoms with Crippen LogP contribution in [0.15, 0.2) is 24.3 Å². The second-order valence-corrected chi connectivity index (χ2v) is 6.01. The van der Waals surface area contributed by atoms with Gasteiger partial charge >= 0.3 is 0 Å². The Hall–Kier alpha value is -1.02. The third-order valence-electron chi connectivity index (χ3n) is 3.72. The van der Waals surface area contributed by atoms with Crippen molar-refractivity contribution in [2.45, 2.75) is 45.8 Å². The van der Waals surface area contributed by atoms with Crippen molar-refractivity contribution in [1.29, 1.82) is 0 Å². The second-order valence-electron chi connectivity index (χ2n) is 6.01. The zero-order chi connectivity index (χ0) is 13.1. The van der Waals surface area contributed by atoms with E-state index in [0.29, 0.717) is 12.1 Å². The van der Waals surface area contributed by atoms with Crippen LogP contribution >= 0.6 is 0 Å². The van der Waals surface area contributed by atoms with E-state index in [1.54, 1.807) is 0 Å². The molecule has 2 unspecified atom stereocenters. The normalized spacial score (nSPS) is 24.7. The van der Waals surface area contributed by atoms with Crippen LogP contribution in [0.5, 0.6) is 5.75 Å². The topological polar surface area (TPSA) is 12.5 Å². The van der Waals surface area contributed by atoms with Crippen LogP contribution in [0.25, 0.3) is 0 Å². The quantitative estimate of drug-likeness (QED) is 0.807. The molecule has 2 rings (SSSR count). The number of ether oxygens (including phenoxy) is 1. The predicted octanol–water partition coefficient (Wildman–Crippen LogP) is 3.49. The SMILES string of the molecule is Cc1ccc(OC2CC(CC(C)C)N(C)C2)cc1. The highest BCUT2D eigenvalue weighted by Crippen LogP contribution is 2.25. The van der Waals surface area contributed by atoms with Crippen molar-refractivity contribution in [3.05, 3.63) is 29.8 Å². The minimum absolute atomic E-state index is 0.349. The number of aryl methyl sites for hydroxylation is 1. The monoisotopic (exact) mass is 247 g/mol. The molecule has 1 heterocycles.